The van der Waals surface area contributed by atoms with Crippen molar-refractivity contribution in [3.63, 3.8) is 0 Å². The quantitative estimate of drug-likeness (QED) is 0.192. The molecule has 0 saturated heterocycles. The fourth-order valence-corrected chi connectivity index (χ4v) is 5.93. The van der Waals surface area contributed by atoms with E-state index in [1.165, 1.54) is 24.3 Å². The molecule has 7 rings (SSSR count). The lowest BCUT2D eigenvalue weighted by molar-refractivity contribution is 0.628. The number of nitrogens with one attached hydrogen (secondary N) is 1. The average molecular weight is 521 g/mol. The Labute approximate surface area is 229 Å². The zero-order valence-electron chi connectivity index (χ0n) is 20.9. The first-order chi connectivity index (χ1) is 19.6. The van der Waals surface area contributed by atoms with Crippen molar-refractivity contribution >= 4 is 5.71 Å². The van der Waals surface area contributed by atoms with Gasteiger partial charge in [0, 0.05) is 11.1 Å². The molecular weight excluding hydrogens is 502 g/mol. The minimum Gasteiger partial charge on any atom is -0.312 e. The molecule has 40 heavy (non-hydrogen) atoms. The van der Waals surface area contributed by atoms with Gasteiger partial charge in [0.2, 0.25) is 6.19 Å². The molecule has 0 amide bonds. The van der Waals surface area contributed by atoms with Gasteiger partial charge >= 0.3 is 0 Å². The first kappa shape index (κ1) is 23.5. The molecule has 0 radical (unpaired) electrons. The molecule has 1 N–H and O–H groups in total. The first-order valence-corrected chi connectivity index (χ1v) is 12.7. The van der Waals surface area contributed by atoms with E-state index in [9.17, 15) is 19.3 Å². The highest BCUT2D eigenvalue weighted by molar-refractivity contribution is 6.26. The second-order valence-electron chi connectivity index (χ2n) is 9.82. The summed E-state index contributed by atoms with van der Waals surface area (Å²) in [5.74, 6) is -0.633. The number of aliphatic imine (C=N–C) groups is 1. The third-order valence-electron chi connectivity index (χ3n) is 7.66. The van der Waals surface area contributed by atoms with Gasteiger partial charge in [-0.15, -0.1) is 0 Å². The Morgan fingerprint density at radius 3 is 1.82 bits per heavy atom. The number of nitrogens with zero attached hydrogens (tertiary/aromatic N) is 3. The van der Waals surface area contributed by atoms with E-state index in [1.807, 2.05) is 60.8 Å². The summed E-state index contributed by atoms with van der Waals surface area (Å²) in [5, 5.41) is 22.1. The van der Waals surface area contributed by atoms with E-state index < -0.39 is 0 Å². The largest absolute Gasteiger partial charge is 0.312 e. The Bertz CT molecular complexity index is 2000. The summed E-state index contributed by atoms with van der Waals surface area (Å²) in [4.78, 5) is 4.20. The Balaban J connectivity index is 1.39. The zero-order chi connectivity index (χ0) is 27.4. The molecule has 0 aromatic heterocycles. The highest BCUT2D eigenvalue weighted by Gasteiger charge is 2.34. The summed E-state index contributed by atoms with van der Waals surface area (Å²) >= 11 is 0. The van der Waals surface area contributed by atoms with Gasteiger partial charge in [0.1, 0.15) is 11.6 Å². The molecule has 0 spiro atoms. The zero-order valence-corrected chi connectivity index (χ0v) is 20.9. The van der Waals surface area contributed by atoms with Gasteiger partial charge in [-0.1, -0.05) is 48.5 Å². The molecule has 0 fully saturated rings. The maximum absolute atomic E-state index is 13.9. The van der Waals surface area contributed by atoms with Gasteiger partial charge in [-0.25, -0.2) is 8.78 Å². The van der Waals surface area contributed by atoms with Crippen LogP contribution in [-0.2, 0) is 0 Å². The van der Waals surface area contributed by atoms with Gasteiger partial charge in [0.15, 0.2) is 6.19 Å². The smallest absolute Gasteiger partial charge is 0.206 e. The van der Waals surface area contributed by atoms with Crippen LogP contribution in [0.2, 0.25) is 0 Å². The lowest BCUT2D eigenvalue weighted by Crippen LogP contribution is -2.14. The third kappa shape index (κ3) is 3.59. The molecule has 1 atom stereocenters. The molecule has 2 aliphatic carbocycles. The summed E-state index contributed by atoms with van der Waals surface area (Å²) in [6.45, 7) is 0. The van der Waals surface area contributed by atoms with Gasteiger partial charge in [0.25, 0.3) is 0 Å². The van der Waals surface area contributed by atoms with Crippen LogP contribution in [0.15, 0.2) is 102 Å². The molecule has 0 aliphatic heterocycles. The number of halogens is 2. The standard InChI is InChI=1S/C34H18F2N4/c35-23-5-1-3-19(11-23)21-7-9-25-27-15-32-28(16-31(27)33(39-17-37)29(25)13-21)26-10-8-22(14-30(26)34(32)40-18-38)20-4-2-6-24(36)12-20/h1-16,33,39H. The van der Waals surface area contributed by atoms with Crippen LogP contribution in [0.25, 0.3) is 44.5 Å². The van der Waals surface area contributed by atoms with Crippen molar-refractivity contribution in [3.05, 3.63) is 131 Å². The van der Waals surface area contributed by atoms with E-state index in [0.717, 1.165) is 66.8 Å². The lowest BCUT2D eigenvalue weighted by atomic mass is 9.96. The Hall–Kier alpha value is -5.59. The minimum atomic E-state index is -0.388. The molecular formula is C34H18F2N4. The second kappa shape index (κ2) is 9.01. The molecule has 5 aromatic rings. The monoisotopic (exact) mass is 520 g/mol. The number of rotatable bonds is 3. The number of hydrogen-bond donors (Lipinski definition) is 1. The first-order valence-electron chi connectivity index (χ1n) is 12.7. The second-order valence-corrected chi connectivity index (χ2v) is 9.82. The van der Waals surface area contributed by atoms with E-state index in [2.05, 4.69) is 22.6 Å². The summed E-state index contributed by atoms with van der Waals surface area (Å²) < 4.78 is 27.8. The maximum Gasteiger partial charge on any atom is 0.206 e. The SMILES string of the molecule is N#CN=C1c2cc(-c3cccc(F)c3)ccc2-c2cc3c(cc21)-c1ccc(-c2cccc(F)c2)cc1C3NC#N. The van der Waals surface area contributed by atoms with Crippen LogP contribution in [-0.4, -0.2) is 5.71 Å². The Morgan fingerprint density at radius 1 is 0.575 bits per heavy atom. The number of benzene rings is 5. The van der Waals surface area contributed by atoms with E-state index >= 15 is 0 Å². The van der Waals surface area contributed by atoms with Crippen LogP contribution in [0.1, 0.15) is 28.3 Å². The van der Waals surface area contributed by atoms with Crippen LogP contribution in [0.3, 0.4) is 0 Å². The van der Waals surface area contributed by atoms with Crippen LogP contribution < -0.4 is 5.32 Å². The van der Waals surface area contributed by atoms with Crippen molar-refractivity contribution in [1.82, 2.24) is 5.32 Å². The molecule has 188 valence electrons. The maximum atomic E-state index is 13.9. The molecule has 4 nitrogen and oxygen atoms in total. The van der Waals surface area contributed by atoms with Gasteiger partial charge in [-0.05, 0) is 104 Å². The fraction of sp³-hybridized carbons (Fsp3) is 0.0294. The average Bonchev–Trinajstić information content (AvgIpc) is 3.43. The van der Waals surface area contributed by atoms with Gasteiger partial charge in [-0.3, -0.25) is 0 Å². The molecule has 5 aromatic carbocycles. The van der Waals surface area contributed by atoms with E-state index in [-0.39, 0.29) is 17.7 Å². The Kier molecular flexibility index (Phi) is 5.30. The summed E-state index contributed by atoms with van der Waals surface area (Å²) in [6, 6.07) is 28.3. The van der Waals surface area contributed by atoms with Crippen molar-refractivity contribution in [2.24, 2.45) is 4.99 Å². The van der Waals surface area contributed by atoms with E-state index in [0.29, 0.717) is 5.71 Å². The normalized spacial score (nSPS) is 15.0. The van der Waals surface area contributed by atoms with Crippen LogP contribution in [0.4, 0.5) is 8.78 Å². The molecule has 6 heteroatoms. The molecule has 2 aliphatic rings. The van der Waals surface area contributed by atoms with Crippen molar-refractivity contribution in [2.75, 3.05) is 0 Å². The topological polar surface area (TPSA) is 72.0 Å². The predicted octanol–water partition coefficient (Wildman–Crippen LogP) is 7.74. The van der Waals surface area contributed by atoms with Crippen molar-refractivity contribution in [3.8, 4) is 56.9 Å². The van der Waals surface area contributed by atoms with Crippen LogP contribution in [0.5, 0.6) is 0 Å². The summed E-state index contributed by atoms with van der Waals surface area (Å²) in [6.07, 6.45) is 4.05. The van der Waals surface area contributed by atoms with Crippen molar-refractivity contribution in [2.45, 2.75) is 6.04 Å². The molecule has 1 unspecified atom stereocenters. The highest BCUT2D eigenvalue weighted by atomic mass is 19.1. The van der Waals surface area contributed by atoms with Gasteiger partial charge in [-0.2, -0.15) is 15.5 Å². The van der Waals surface area contributed by atoms with Gasteiger partial charge < -0.3 is 5.32 Å². The summed E-state index contributed by atoms with van der Waals surface area (Å²) in [5.41, 5.74) is 10.9. The van der Waals surface area contributed by atoms with Crippen molar-refractivity contribution in [1.29, 1.82) is 10.5 Å². The minimum absolute atomic E-state index is 0.312. The number of fused-ring (bicyclic) bond motifs is 6. The van der Waals surface area contributed by atoms with Gasteiger partial charge in [0.05, 0.1) is 11.8 Å². The van der Waals surface area contributed by atoms with Crippen LogP contribution >= 0.6 is 0 Å². The Morgan fingerprint density at radius 2 is 1.18 bits per heavy atom. The third-order valence-corrected chi connectivity index (χ3v) is 7.66. The van der Waals surface area contributed by atoms with E-state index in [1.54, 1.807) is 12.1 Å². The van der Waals surface area contributed by atoms with E-state index in [4.69, 9.17) is 0 Å². The summed E-state index contributed by atoms with van der Waals surface area (Å²) in [7, 11) is 0. The van der Waals surface area contributed by atoms with Crippen LogP contribution in [0, 0.1) is 34.5 Å². The molecule has 0 bridgehead atoms. The number of hydrogen-bond acceptors (Lipinski definition) is 4. The highest BCUT2D eigenvalue weighted by Crippen LogP contribution is 2.50. The number of nitriles is 2. The fourth-order valence-electron chi connectivity index (χ4n) is 5.93. The predicted molar refractivity (Wildman–Crippen MR) is 150 cm³/mol. The van der Waals surface area contributed by atoms with Crippen molar-refractivity contribution < 1.29 is 8.78 Å². The lowest BCUT2D eigenvalue weighted by Gasteiger charge is -2.13. The molecule has 0 heterocycles. The molecule has 0 saturated carbocycles.